The van der Waals surface area contributed by atoms with Crippen LogP contribution in [0.25, 0.3) is 0 Å². The molecule has 2 atom stereocenters. The van der Waals surface area contributed by atoms with E-state index >= 15 is 0 Å². The fraction of sp³-hybridized carbons (Fsp3) is 0.278. The number of benzene rings is 1. The van der Waals surface area contributed by atoms with Crippen molar-refractivity contribution in [2.45, 2.75) is 26.0 Å². The maximum atomic E-state index is 12.2. The second kappa shape index (κ2) is 9.00. The van der Waals surface area contributed by atoms with Gasteiger partial charge in [0.05, 0.1) is 17.7 Å². The first-order valence-corrected chi connectivity index (χ1v) is 8.79. The number of ether oxygens (including phenoxy) is 2. The molecule has 0 aliphatic carbocycles. The summed E-state index contributed by atoms with van der Waals surface area (Å²) >= 11 is 1.27. The Balaban J connectivity index is 1.89. The van der Waals surface area contributed by atoms with Gasteiger partial charge in [0, 0.05) is 0 Å². The van der Waals surface area contributed by atoms with E-state index in [2.05, 4.69) is 10.6 Å². The largest absolute Gasteiger partial charge is 0.495 e. The number of methoxy groups -OCH3 is 1. The van der Waals surface area contributed by atoms with E-state index in [1.54, 1.807) is 41.8 Å². The highest BCUT2D eigenvalue weighted by molar-refractivity contribution is 7.12. The van der Waals surface area contributed by atoms with Gasteiger partial charge in [0.15, 0.2) is 6.10 Å². The minimum atomic E-state index is -1.03. The van der Waals surface area contributed by atoms with Crippen molar-refractivity contribution in [2.24, 2.45) is 0 Å². The van der Waals surface area contributed by atoms with Gasteiger partial charge in [0.2, 0.25) is 0 Å². The third kappa shape index (κ3) is 5.06. The van der Waals surface area contributed by atoms with Gasteiger partial charge < -0.3 is 20.1 Å². The first kappa shape index (κ1) is 19.5. The third-order valence-electron chi connectivity index (χ3n) is 3.47. The predicted molar refractivity (Wildman–Crippen MR) is 98.4 cm³/mol. The molecule has 0 radical (unpaired) electrons. The van der Waals surface area contributed by atoms with Crippen LogP contribution in [0.3, 0.4) is 0 Å². The summed E-state index contributed by atoms with van der Waals surface area (Å²) < 4.78 is 10.3. The Hall–Kier alpha value is -2.87. The van der Waals surface area contributed by atoms with Crippen molar-refractivity contribution in [3.63, 3.8) is 0 Å². The van der Waals surface area contributed by atoms with Crippen molar-refractivity contribution in [1.82, 2.24) is 5.32 Å². The van der Waals surface area contributed by atoms with Gasteiger partial charge >= 0.3 is 5.97 Å². The molecule has 1 aromatic carbocycles. The molecule has 2 rings (SSSR count). The molecule has 0 unspecified atom stereocenters. The van der Waals surface area contributed by atoms with E-state index in [4.69, 9.17) is 9.47 Å². The lowest BCUT2D eigenvalue weighted by Gasteiger charge is -2.18. The molecule has 0 saturated heterocycles. The highest BCUT2D eigenvalue weighted by Crippen LogP contribution is 2.23. The summed E-state index contributed by atoms with van der Waals surface area (Å²) in [5, 5.41) is 6.95. The Morgan fingerprint density at radius 3 is 2.46 bits per heavy atom. The number of thiophene rings is 1. The zero-order valence-electron chi connectivity index (χ0n) is 14.6. The van der Waals surface area contributed by atoms with Crippen LogP contribution in [0.1, 0.15) is 23.5 Å². The maximum Gasteiger partial charge on any atom is 0.329 e. The lowest BCUT2D eigenvalue weighted by molar-refractivity contribution is -0.154. The van der Waals surface area contributed by atoms with Gasteiger partial charge in [0.1, 0.15) is 11.8 Å². The lowest BCUT2D eigenvalue weighted by atomic mass is 10.2. The Labute approximate surface area is 155 Å². The lowest BCUT2D eigenvalue weighted by Crippen LogP contribution is -2.42. The van der Waals surface area contributed by atoms with Crippen molar-refractivity contribution in [3.8, 4) is 5.75 Å². The Morgan fingerprint density at radius 2 is 1.81 bits per heavy atom. The van der Waals surface area contributed by atoms with Gasteiger partial charge in [-0.2, -0.15) is 0 Å². The van der Waals surface area contributed by atoms with E-state index in [-0.39, 0.29) is 5.91 Å². The summed E-state index contributed by atoms with van der Waals surface area (Å²) in [6, 6.07) is 9.41. The Morgan fingerprint density at radius 1 is 1.08 bits per heavy atom. The summed E-state index contributed by atoms with van der Waals surface area (Å²) in [7, 11) is 1.49. The average Bonchev–Trinajstić information content (AvgIpc) is 3.16. The number of hydrogen-bond donors (Lipinski definition) is 2. The number of carbonyl (C=O) groups excluding carboxylic acids is 3. The zero-order valence-corrected chi connectivity index (χ0v) is 15.5. The van der Waals surface area contributed by atoms with E-state index in [0.29, 0.717) is 16.3 Å². The van der Waals surface area contributed by atoms with Gasteiger partial charge in [-0.05, 0) is 37.4 Å². The van der Waals surface area contributed by atoms with Crippen LogP contribution >= 0.6 is 11.3 Å². The van der Waals surface area contributed by atoms with Crippen LogP contribution < -0.4 is 15.4 Å². The van der Waals surface area contributed by atoms with E-state index in [0.717, 1.165) is 0 Å². The van der Waals surface area contributed by atoms with Gasteiger partial charge in [-0.3, -0.25) is 9.59 Å². The molecule has 0 aliphatic heterocycles. The van der Waals surface area contributed by atoms with Crippen LogP contribution in [-0.2, 0) is 14.3 Å². The molecular formula is C18H20N2O5S. The molecule has 7 nitrogen and oxygen atoms in total. The number of amides is 2. The molecule has 0 aliphatic rings. The van der Waals surface area contributed by atoms with Crippen molar-refractivity contribution < 1.29 is 23.9 Å². The van der Waals surface area contributed by atoms with E-state index < -0.39 is 24.0 Å². The van der Waals surface area contributed by atoms with E-state index in [1.165, 1.54) is 32.3 Å². The molecule has 2 aromatic rings. The normalized spacial score (nSPS) is 12.6. The Kier molecular flexibility index (Phi) is 6.74. The van der Waals surface area contributed by atoms with Crippen LogP contribution in [0.5, 0.6) is 5.75 Å². The number of esters is 1. The third-order valence-corrected chi connectivity index (χ3v) is 4.34. The molecule has 1 aromatic heterocycles. The first-order chi connectivity index (χ1) is 12.4. The van der Waals surface area contributed by atoms with Crippen molar-refractivity contribution in [3.05, 3.63) is 46.7 Å². The number of nitrogens with one attached hydrogen (secondary N) is 2. The standard InChI is InChI=1S/C18H20N2O5S/c1-11(19-17(22)15-9-6-10-26-15)18(23)25-12(2)16(21)20-13-7-4-5-8-14(13)24-3/h4-12H,1-3H3,(H,19,22)(H,20,21)/t11-,12-/m1/s1. The molecule has 0 saturated carbocycles. The molecule has 2 N–H and O–H groups in total. The molecule has 26 heavy (non-hydrogen) atoms. The number of para-hydroxylation sites is 2. The van der Waals surface area contributed by atoms with Crippen molar-refractivity contribution in [1.29, 1.82) is 0 Å². The fourth-order valence-corrected chi connectivity index (χ4v) is 2.67. The molecule has 8 heteroatoms. The molecule has 0 fully saturated rings. The quantitative estimate of drug-likeness (QED) is 0.724. The SMILES string of the molecule is COc1ccccc1NC(=O)[C@@H](C)OC(=O)[C@@H](C)NC(=O)c1cccs1. The highest BCUT2D eigenvalue weighted by atomic mass is 32.1. The minimum Gasteiger partial charge on any atom is -0.495 e. The van der Waals surface area contributed by atoms with Gasteiger partial charge in [-0.15, -0.1) is 11.3 Å². The van der Waals surface area contributed by atoms with Crippen molar-refractivity contribution in [2.75, 3.05) is 12.4 Å². The monoisotopic (exact) mass is 376 g/mol. The van der Waals surface area contributed by atoms with E-state index in [1.807, 2.05) is 0 Å². The van der Waals surface area contributed by atoms with Crippen LogP contribution in [0, 0.1) is 0 Å². The fourth-order valence-electron chi connectivity index (χ4n) is 2.05. The molecule has 1 heterocycles. The van der Waals surface area contributed by atoms with E-state index in [9.17, 15) is 14.4 Å². The molecule has 0 spiro atoms. The summed E-state index contributed by atoms with van der Waals surface area (Å²) in [6.45, 7) is 2.95. The average molecular weight is 376 g/mol. The van der Waals surface area contributed by atoms with Crippen LogP contribution in [0.2, 0.25) is 0 Å². The molecule has 138 valence electrons. The number of hydrogen-bond acceptors (Lipinski definition) is 6. The van der Waals surface area contributed by atoms with Crippen LogP contribution in [0.4, 0.5) is 5.69 Å². The summed E-state index contributed by atoms with van der Waals surface area (Å²) in [6.07, 6.45) is -1.03. The van der Waals surface area contributed by atoms with Crippen molar-refractivity contribution >= 4 is 34.8 Å². The predicted octanol–water partition coefficient (Wildman–Crippen LogP) is 2.45. The molecular weight excluding hydrogens is 356 g/mol. The van der Waals surface area contributed by atoms with Gasteiger partial charge in [-0.25, -0.2) is 4.79 Å². The second-order valence-electron chi connectivity index (χ2n) is 5.44. The number of rotatable bonds is 7. The number of carbonyl (C=O) groups is 3. The first-order valence-electron chi connectivity index (χ1n) is 7.91. The highest BCUT2D eigenvalue weighted by Gasteiger charge is 2.24. The van der Waals surface area contributed by atoms with Gasteiger partial charge in [0.25, 0.3) is 11.8 Å². The zero-order chi connectivity index (χ0) is 19.1. The minimum absolute atomic E-state index is 0.365. The topological polar surface area (TPSA) is 93.7 Å². The summed E-state index contributed by atoms with van der Waals surface area (Å²) in [4.78, 5) is 36.8. The van der Waals surface area contributed by atoms with Crippen LogP contribution in [-0.4, -0.2) is 37.0 Å². The maximum absolute atomic E-state index is 12.2. The molecule has 0 bridgehead atoms. The van der Waals surface area contributed by atoms with Crippen LogP contribution in [0.15, 0.2) is 41.8 Å². The smallest absolute Gasteiger partial charge is 0.329 e. The summed E-state index contributed by atoms with van der Waals surface area (Å²) in [5.41, 5.74) is 0.474. The number of anilines is 1. The second-order valence-corrected chi connectivity index (χ2v) is 6.39. The van der Waals surface area contributed by atoms with Gasteiger partial charge in [-0.1, -0.05) is 18.2 Å². The summed E-state index contributed by atoms with van der Waals surface area (Å²) in [5.74, 6) is -1.07. The Bertz CT molecular complexity index is 776. The molecule has 2 amide bonds.